The van der Waals surface area contributed by atoms with Crippen molar-refractivity contribution >= 4 is 31.9 Å². The number of hydrogen-bond acceptors (Lipinski definition) is 5. The van der Waals surface area contributed by atoms with Gasteiger partial charge in [-0.25, -0.2) is 16.8 Å². The quantitative estimate of drug-likeness (QED) is 0.705. The molecule has 0 amide bonds. The molecule has 1 aromatic carbocycles. The molecule has 0 spiro atoms. The Morgan fingerprint density at radius 1 is 1.23 bits per heavy atom. The summed E-state index contributed by atoms with van der Waals surface area (Å²) >= 11 is 0. The number of carboxylic acid groups (broad SMARTS) is 1. The molecule has 0 saturated carbocycles. The van der Waals surface area contributed by atoms with Gasteiger partial charge in [0.05, 0.1) is 5.75 Å². The van der Waals surface area contributed by atoms with Gasteiger partial charge in [-0.2, -0.15) is 4.72 Å². The normalized spacial score (nSPS) is 14.0. The van der Waals surface area contributed by atoms with Gasteiger partial charge in [-0.05, 0) is 18.1 Å². The van der Waals surface area contributed by atoms with Crippen LogP contribution in [0, 0.1) is 0 Å². The van der Waals surface area contributed by atoms with E-state index in [9.17, 15) is 21.6 Å². The Kier molecular flexibility index (Phi) is 6.27. The zero-order valence-corrected chi connectivity index (χ0v) is 13.5. The fourth-order valence-corrected chi connectivity index (χ4v) is 3.23. The molecule has 1 aromatic rings. The van der Waals surface area contributed by atoms with Crippen LogP contribution >= 0.6 is 0 Å². The Morgan fingerprint density at radius 2 is 1.82 bits per heavy atom. The predicted octanol–water partition coefficient (Wildman–Crippen LogP) is 0.465. The van der Waals surface area contributed by atoms with Gasteiger partial charge in [-0.3, -0.25) is 4.79 Å². The van der Waals surface area contributed by atoms with Crippen LogP contribution in [0.15, 0.2) is 35.7 Å². The van der Waals surface area contributed by atoms with E-state index in [1.165, 1.54) is 6.08 Å². The molecule has 122 valence electrons. The highest BCUT2D eigenvalue weighted by molar-refractivity contribution is 7.92. The third-order valence-electron chi connectivity index (χ3n) is 2.62. The second-order valence-corrected chi connectivity index (χ2v) is 8.54. The molecule has 0 aliphatic rings. The summed E-state index contributed by atoms with van der Waals surface area (Å²) in [7, 11) is -7.38. The van der Waals surface area contributed by atoms with Crippen molar-refractivity contribution in [2.45, 2.75) is 12.5 Å². The smallest absolute Gasteiger partial charge is 0.321 e. The van der Waals surface area contributed by atoms with Crippen molar-refractivity contribution in [2.75, 3.05) is 12.0 Å². The lowest BCUT2D eigenvalue weighted by molar-refractivity contribution is -0.139. The average Bonchev–Trinajstić information content (AvgIpc) is 2.41. The Balaban J connectivity index is 2.79. The van der Waals surface area contributed by atoms with Crippen LogP contribution in [0.5, 0.6) is 0 Å². The van der Waals surface area contributed by atoms with Gasteiger partial charge in [-0.1, -0.05) is 30.3 Å². The molecule has 0 aliphatic heterocycles. The van der Waals surface area contributed by atoms with Crippen molar-refractivity contribution < 1.29 is 26.7 Å². The van der Waals surface area contributed by atoms with Gasteiger partial charge in [0, 0.05) is 11.7 Å². The van der Waals surface area contributed by atoms with E-state index in [2.05, 4.69) is 0 Å². The molecule has 0 radical (unpaired) electrons. The zero-order valence-electron chi connectivity index (χ0n) is 11.8. The van der Waals surface area contributed by atoms with Crippen LogP contribution in [0.3, 0.4) is 0 Å². The van der Waals surface area contributed by atoms with Gasteiger partial charge in [-0.15, -0.1) is 0 Å². The van der Waals surface area contributed by atoms with Gasteiger partial charge in [0.15, 0.2) is 0 Å². The first kappa shape index (κ1) is 18.3. The maximum absolute atomic E-state index is 11.8. The molecule has 7 nitrogen and oxygen atoms in total. The van der Waals surface area contributed by atoms with Gasteiger partial charge in [0.2, 0.25) is 10.0 Å². The monoisotopic (exact) mass is 347 g/mol. The Labute approximate surface area is 129 Å². The van der Waals surface area contributed by atoms with Gasteiger partial charge >= 0.3 is 5.97 Å². The van der Waals surface area contributed by atoms with E-state index in [1.807, 2.05) is 4.72 Å². The minimum atomic E-state index is -4.00. The van der Waals surface area contributed by atoms with E-state index in [4.69, 9.17) is 5.11 Å². The predicted molar refractivity (Wildman–Crippen MR) is 83.3 cm³/mol. The van der Waals surface area contributed by atoms with Crippen LogP contribution < -0.4 is 4.72 Å². The third-order valence-corrected chi connectivity index (χ3v) is 4.71. The van der Waals surface area contributed by atoms with Crippen molar-refractivity contribution in [1.82, 2.24) is 4.72 Å². The highest BCUT2D eigenvalue weighted by atomic mass is 32.2. The molecule has 0 aliphatic carbocycles. The van der Waals surface area contributed by atoms with Crippen molar-refractivity contribution in [2.24, 2.45) is 0 Å². The fourth-order valence-electron chi connectivity index (χ4n) is 1.53. The molecule has 22 heavy (non-hydrogen) atoms. The van der Waals surface area contributed by atoms with Crippen LogP contribution in [0.2, 0.25) is 0 Å². The molecular weight excluding hydrogens is 330 g/mol. The van der Waals surface area contributed by atoms with E-state index in [0.717, 1.165) is 11.7 Å². The van der Waals surface area contributed by atoms with E-state index < -0.39 is 37.6 Å². The fraction of sp³-hybridized carbons (Fsp3) is 0.308. The van der Waals surface area contributed by atoms with E-state index in [-0.39, 0.29) is 6.42 Å². The molecule has 0 heterocycles. The van der Waals surface area contributed by atoms with Crippen LogP contribution in [-0.4, -0.2) is 46.0 Å². The van der Waals surface area contributed by atoms with Crippen LogP contribution in [0.25, 0.3) is 6.08 Å². The van der Waals surface area contributed by atoms with Crippen molar-refractivity contribution in [1.29, 1.82) is 0 Å². The summed E-state index contributed by atoms with van der Waals surface area (Å²) in [6.07, 6.45) is 1.93. The largest absolute Gasteiger partial charge is 0.480 e. The van der Waals surface area contributed by atoms with E-state index in [1.54, 1.807) is 30.3 Å². The third kappa shape index (κ3) is 7.34. The van der Waals surface area contributed by atoms with Gasteiger partial charge < -0.3 is 5.11 Å². The first-order valence-electron chi connectivity index (χ1n) is 6.25. The van der Waals surface area contributed by atoms with Crippen LogP contribution in [0.4, 0.5) is 0 Å². The molecule has 2 N–H and O–H groups in total. The minimum Gasteiger partial charge on any atom is -0.480 e. The Hall–Kier alpha value is -1.71. The molecule has 0 aromatic heterocycles. The highest BCUT2D eigenvalue weighted by Gasteiger charge is 2.23. The first-order valence-corrected chi connectivity index (χ1v) is 9.86. The summed E-state index contributed by atoms with van der Waals surface area (Å²) < 4.78 is 47.7. The lowest BCUT2D eigenvalue weighted by Crippen LogP contribution is -2.40. The second-order valence-electron chi connectivity index (χ2n) is 4.69. The number of aliphatic carboxylic acids is 1. The lowest BCUT2D eigenvalue weighted by Gasteiger charge is -2.12. The standard InChI is InChI=1S/C13H17NO6S2/c1-21(17,18)9-8-12(13(15)16)14-22(19,20)10-7-11-5-3-2-4-6-11/h2-7,10,12,14H,8-9H2,1H3,(H,15,16)/b10-7+. The van der Waals surface area contributed by atoms with E-state index in [0.29, 0.717) is 5.56 Å². The number of hydrogen-bond donors (Lipinski definition) is 2. The molecule has 1 rings (SSSR count). The zero-order chi connectivity index (χ0) is 16.8. The first-order chi connectivity index (χ1) is 10.1. The maximum atomic E-state index is 11.8. The van der Waals surface area contributed by atoms with Crippen LogP contribution in [-0.2, 0) is 24.7 Å². The Bertz CT molecular complexity index is 738. The number of rotatable bonds is 8. The number of sulfonamides is 1. The number of carboxylic acids is 1. The molecule has 0 saturated heterocycles. The van der Waals surface area contributed by atoms with Crippen molar-refractivity contribution in [3.8, 4) is 0 Å². The molecular formula is C13H17NO6S2. The van der Waals surface area contributed by atoms with Crippen LogP contribution in [0.1, 0.15) is 12.0 Å². The second kappa shape index (κ2) is 7.52. The molecule has 0 bridgehead atoms. The van der Waals surface area contributed by atoms with Crippen molar-refractivity contribution in [3.63, 3.8) is 0 Å². The summed E-state index contributed by atoms with van der Waals surface area (Å²) in [6, 6.07) is 7.10. The van der Waals surface area contributed by atoms with E-state index >= 15 is 0 Å². The molecule has 1 unspecified atom stereocenters. The summed E-state index contributed by atoms with van der Waals surface area (Å²) in [6.45, 7) is 0. The van der Waals surface area contributed by atoms with Gasteiger partial charge in [0.1, 0.15) is 15.9 Å². The molecule has 9 heteroatoms. The average molecular weight is 347 g/mol. The SMILES string of the molecule is CS(=O)(=O)CCC(NS(=O)(=O)/C=C/c1ccccc1)C(=O)O. The Morgan fingerprint density at radius 3 is 2.32 bits per heavy atom. The molecule has 1 atom stereocenters. The summed E-state index contributed by atoms with van der Waals surface area (Å²) in [5, 5.41) is 9.82. The number of benzene rings is 1. The van der Waals surface area contributed by atoms with Gasteiger partial charge in [0.25, 0.3) is 0 Å². The lowest BCUT2D eigenvalue weighted by atomic mass is 10.2. The topological polar surface area (TPSA) is 118 Å². The molecule has 0 fully saturated rings. The minimum absolute atomic E-state index is 0.341. The number of carbonyl (C=O) groups is 1. The summed E-state index contributed by atoms with van der Waals surface area (Å²) in [5.74, 6) is -1.85. The number of sulfone groups is 1. The number of nitrogens with one attached hydrogen (secondary N) is 1. The summed E-state index contributed by atoms with van der Waals surface area (Å²) in [5.41, 5.74) is 0.635. The highest BCUT2D eigenvalue weighted by Crippen LogP contribution is 2.05. The maximum Gasteiger partial charge on any atom is 0.321 e. The van der Waals surface area contributed by atoms with Crippen molar-refractivity contribution in [3.05, 3.63) is 41.3 Å². The summed E-state index contributed by atoms with van der Waals surface area (Å²) in [4.78, 5) is 11.0.